The van der Waals surface area contributed by atoms with E-state index in [1.165, 1.54) is 19.3 Å². The lowest BCUT2D eigenvalue weighted by atomic mass is 10.1. The van der Waals surface area contributed by atoms with Gasteiger partial charge < -0.3 is 4.74 Å². The van der Waals surface area contributed by atoms with Crippen LogP contribution in [-0.4, -0.2) is 26.3 Å². The quantitative estimate of drug-likeness (QED) is 0.389. The molecule has 7 heteroatoms. The van der Waals surface area contributed by atoms with Crippen molar-refractivity contribution in [3.05, 3.63) is 6.20 Å². The van der Waals surface area contributed by atoms with Crippen molar-refractivity contribution in [1.82, 2.24) is 20.2 Å². The van der Waals surface area contributed by atoms with Crippen molar-refractivity contribution in [3.8, 4) is 5.88 Å². The minimum atomic E-state index is 0.102. The molecule has 0 aromatic carbocycles. The van der Waals surface area contributed by atoms with E-state index < -0.39 is 0 Å². The normalized spacial score (nSPS) is 12.6. The highest BCUT2D eigenvalue weighted by Crippen LogP contribution is 2.23. The molecule has 0 saturated carbocycles. The molecule has 2 aromatic heterocycles. The first kappa shape index (κ1) is 14.5. The summed E-state index contributed by atoms with van der Waals surface area (Å²) in [6.45, 7) is 4.26. The summed E-state index contributed by atoms with van der Waals surface area (Å²) >= 11 is 0. The fraction of sp³-hybridized carbons (Fsp3) is 0.615. The minimum absolute atomic E-state index is 0.102. The molecule has 0 amide bonds. The number of H-pyrrole nitrogens is 1. The number of nitrogens with one attached hydrogen (secondary N) is 2. The number of hydrogen-bond donors (Lipinski definition) is 3. The zero-order valence-electron chi connectivity index (χ0n) is 12.0. The van der Waals surface area contributed by atoms with Crippen LogP contribution in [0.4, 0.5) is 5.95 Å². The van der Waals surface area contributed by atoms with Crippen LogP contribution in [0.3, 0.4) is 0 Å². The Morgan fingerprint density at radius 1 is 1.35 bits per heavy atom. The standard InChI is InChI=1S/C13H22N6O/c1-3-4-5-6-7-9(2)20-12-10-8-15-19-11(10)16-13(17-12)18-14/h8-9H,3-7,14H2,1-2H3,(H2,15,16,17,18,19). The van der Waals surface area contributed by atoms with Gasteiger partial charge in [0.1, 0.15) is 5.39 Å². The number of ether oxygens (including phenoxy) is 1. The van der Waals surface area contributed by atoms with Gasteiger partial charge in [-0.25, -0.2) is 5.84 Å². The van der Waals surface area contributed by atoms with Gasteiger partial charge in [0.05, 0.1) is 12.3 Å². The number of anilines is 1. The Morgan fingerprint density at radius 3 is 2.95 bits per heavy atom. The lowest BCUT2D eigenvalue weighted by Gasteiger charge is -2.14. The number of fused-ring (bicyclic) bond motifs is 1. The molecule has 7 nitrogen and oxygen atoms in total. The van der Waals surface area contributed by atoms with Crippen molar-refractivity contribution in [1.29, 1.82) is 0 Å². The fourth-order valence-electron chi connectivity index (χ4n) is 2.07. The summed E-state index contributed by atoms with van der Waals surface area (Å²) < 4.78 is 5.90. The van der Waals surface area contributed by atoms with Crippen LogP contribution in [0.25, 0.3) is 11.0 Å². The predicted molar refractivity (Wildman–Crippen MR) is 78.3 cm³/mol. The molecule has 0 aliphatic carbocycles. The molecule has 0 fully saturated rings. The molecule has 0 radical (unpaired) electrons. The Kier molecular flexibility index (Phi) is 5.11. The number of unbranched alkanes of at least 4 members (excludes halogenated alkanes) is 3. The van der Waals surface area contributed by atoms with Gasteiger partial charge >= 0.3 is 0 Å². The molecule has 0 aliphatic rings. The first-order chi connectivity index (χ1) is 9.74. The smallest absolute Gasteiger partial charge is 0.242 e. The molecule has 4 N–H and O–H groups in total. The van der Waals surface area contributed by atoms with Crippen molar-refractivity contribution in [3.63, 3.8) is 0 Å². The number of nitrogen functional groups attached to an aromatic ring is 1. The van der Waals surface area contributed by atoms with Crippen LogP contribution < -0.4 is 16.0 Å². The largest absolute Gasteiger partial charge is 0.474 e. The van der Waals surface area contributed by atoms with Crippen molar-refractivity contribution in [2.75, 3.05) is 5.43 Å². The lowest BCUT2D eigenvalue weighted by Crippen LogP contribution is -2.15. The highest BCUT2D eigenvalue weighted by atomic mass is 16.5. The topological polar surface area (TPSA) is 102 Å². The van der Waals surface area contributed by atoms with E-state index in [-0.39, 0.29) is 6.10 Å². The number of hydrogen-bond acceptors (Lipinski definition) is 6. The van der Waals surface area contributed by atoms with Gasteiger partial charge in [-0.3, -0.25) is 10.5 Å². The maximum absolute atomic E-state index is 5.90. The maximum atomic E-state index is 5.90. The molecular weight excluding hydrogens is 256 g/mol. The van der Waals surface area contributed by atoms with Gasteiger partial charge in [-0.1, -0.05) is 26.2 Å². The van der Waals surface area contributed by atoms with E-state index >= 15 is 0 Å². The molecule has 0 aliphatic heterocycles. The van der Waals surface area contributed by atoms with E-state index in [0.29, 0.717) is 17.5 Å². The number of nitrogens with two attached hydrogens (primary N) is 1. The average molecular weight is 278 g/mol. The summed E-state index contributed by atoms with van der Waals surface area (Å²) in [6.07, 6.45) is 7.69. The Balaban J connectivity index is 2.02. The van der Waals surface area contributed by atoms with Gasteiger partial charge in [0.25, 0.3) is 0 Å². The molecular formula is C13H22N6O. The fourth-order valence-corrected chi connectivity index (χ4v) is 2.07. The van der Waals surface area contributed by atoms with Crippen molar-refractivity contribution in [2.24, 2.45) is 5.84 Å². The summed E-state index contributed by atoms with van der Waals surface area (Å²) in [5.41, 5.74) is 3.04. The second-order valence-electron chi connectivity index (χ2n) is 4.91. The van der Waals surface area contributed by atoms with Gasteiger partial charge in [0, 0.05) is 0 Å². The van der Waals surface area contributed by atoms with Gasteiger partial charge in [0.2, 0.25) is 11.8 Å². The first-order valence-corrected chi connectivity index (χ1v) is 7.09. The van der Waals surface area contributed by atoms with Gasteiger partial charge in [0.15, 0.2) is 5.65 Å². The summed E-state index contributed by atoms with van der Waals surface area (Å²) in [7, 11) is 0. The highest BCUT2D eigenvalue weighted by Gasteiger charge is 2.13. The Hall–Kier alpha value is -1.89. The molecule has 0 bridgehead atoms. The second kappa shape index (κ2) is 7.04. The third-order valence-electron chi connectivity index (χ3n) is 3.18. The molecule has 0 spiro atoms. The summed E-state index contributed by atoms with van der Waals surface area (Å²) in [4.78, 5) is 8.41. The molecule has 2 rings (SSSR count). The Bertz CT molecular complexity index is 541. The van der Waals surface area contributed by atoms with E-state index in [9.17, 15) is 0 Å². The molecule has 110 valence electrons. The van der Waals surface area contributed by atoms with Crippen LogP contribution in [0.15, 0.2) is 6.20 Å². The predicted octanol–water partition coefficient (Wildman–Crippen LogP) is 2.38. The van der Waals surface area contributed by atoms with Crippen molar-refractivity contribution in [2.45, 2.75) is 52.1 Å². The molecule has 2 heterocycles. The van der Waals surface area contributed by atoms with E-state index in [1.54, 1.807) is 6.20 Å². The number of rotatable bonds is 8. The number of nitrogens with zero attached hydrogens (tertiary/aromatic N) is 3. The molecule has 1 atom stereocenters. The number of hydrazine groups is 1. The zero-order valence-corrected chi connectivity index (χ0v) is 12.0. The molecule has 20 heavy (non-hydrogen) atoms. The van der Waals surface area contributed by atoms with Gasteiger partial charge in [-0.2, -0.15) is 15.1 Å². The van der Waals surface area contributed by atoms with Gasteiger partial charge in [-0.15, -0.1) is 0 Å². The van der Waals surface area contributed by atoms with E-state index in [0.717, 1.165) is 18.2 Å². The zero-order chi connectivity index (χ0) is 14.4. The van der Waals surface area contributed by atoms with Crippen LogP contribution in [0.1, 0.15) is 46.0 Å². The molecule has 2 aromatic rings. The van der Waals surface area contributed by atoms with Crippen LogP contribution in [0, 0.1) is 0 Å². The third-order valence-corrected chi connectivity index (χ3v) is 3.18. The van der Waals surface area contributed by atoms with E-state index in [4.69, 9.17) is 10.6 Å². The van der Waals surface area contributed by atoms with Gasteiger partial charge in [-0.05, 0) is 19.8 Å². The average Bonchev–Trinajstić information content (AvgIpc) is 2.92. The summed E-state index contributed by atoms with van der Waals surface area (Å²) in [5.74, 6) is 6.19. The lowest BCUT2D eigenvalue weighted by molar-refractivity contribution is 0.201. The summed E-state index contributed by atoms with van der Waals surface area (Å²) in [6, 6.07) is 0. The Morgan fingerprint density at radius 2 is 2.20 bits per heavy atom. The molecule has 0 saturated heterocycles. The minimum Gasteiger partial charge on any atom is -0.474 e. The monoisotopic (exact) mass is 278 g/mol. The van der Waals surface area contributed by atoms with E-state index in [1.807, 2.05) is 0 Å². The maximum Gasteiger partial charge on any atom is 0.242 e. The second-order valence-corrected chi connectivity index (χ2v) is 4.91. The van der Waals surface area contributed by atoms with Crippen LogP contribution in [0.2, 0.25) is 0 Å². The Labute approximate surface area is 118 Å². The third kappa shape index (κ3) is 3.57. The summed E-state index contributed by atoms with van der Waals surface area (Å²) in [5, 5.41) is 7.51. The van der Waals surface area contributed by atoms with Crippen molar-refractivity contribution < 1.29 is 4.74 Å². The number of aromatic nitrogens is 4. The molecule has 1 unspecified atom stereocenters. The first-order valence-electron chi connectivity index (χ1n) is 7.09. The van der Waals surface area contributed by atoms with Crippen LogP contribution in [0.5, 0.6) is 5.88 Å². The van der Waals surface area contributed by atoms with Crippen LogP contribution in [-0.2, 0) is 0 Å². The van der Waals surface area contributed by atoms with Crippen LogP contribution >= 0.6 is 0 Å². The SMILES string of the molecule is CCCCCCC(C)Oc1nc(NN)nc2[nH]ncc12. The van der Waals surface area contributed by atoms with Crippen molar-refractivity contribution >= 4 is 17.0 Å². The number of aromatic amines is 1. The van der Waals surface area contributed by atoms with E-state index in [2.05, 4.69) is 39.4 Å². The highest BCUT2D eigenvalue weighted by molar-refractivity contribution is 5.80.